The maximum atomic E-state index is 12.9. The van der Waals surface area contributed by atoms with Gasteiger partial charge in [0.05, 0.1) is 10.5 Å². The zero-order valence-corrected chi connectivity index (χ0v) is 17.7. The van der Waals surface area contributed by atoms with Crippen molar-refractivity contribution >= 4 is 15.9 Å². The third-order valence-electron chi connectivity index (χ3n) is 5.06. The Balaban J connectivity index is 1.49. The molecule has 1 aromatic carbocycles. The molecule has 1 aliphatic rings. The quantitative estimate of drug-likeness (QED) is 0.637. The van der Waals surface area contributed by atoms with E-state index in [1.54, 1.807) is 6.92 Å². The lowest BCUT2D eigenvalue weighted by molar-refractivity contribution is -0.137. The van der Waals surface area contributed by atoms with Gasteiger partial charge >= 0.3 is 6.18 Å². The van der Waals surface area contributed by atoms with E-state index in [0.717, 1.165) is 22.5 Å². The van der Waals surface area contributed by atoms with Crippen LogP contribution < -0.4 is 5.32 Å². The van der Waals surface area contributed by atoms with Crippen LogP contribution in [0.3, 0.4) is 0 Å². The minimum atomic E-state index is -4.63. The topological polar surface area (TPSA) is 105 Å². The van der Waals surface area contributed by atoms with Crippen LogP contribution in [0.4, 0.5) is 13.2 Å². The molecule has 2 heterocycles. The van der Waals surface area contributed by atoms with Crippen molar-refractivity contribution in [1.82, 2.24) is 19.8 Å². The number of nitrogens with zero attached hydrogens (tertiary/aromatic N) is 3. The Bertz CT molecular complexity index is 1020. The fourth-order valence-electron chi connectivity index (χ4n) is 3.38. The second-order valence-corrected chi connectivity index (χ2v) is 9.27. The van der Waals surface area contributed by atoms with E-state index in [2.05, 4.69) is 15.5 Å². The molecule has 0 bridgehead atoms. The van der Waals surface area contributed by atoms with Crippen molar-refractivity contribution in [1.29, 1.82) is 0 Å². The predicted octanol–water partition coefficient (Wildman–Crippen LogP) is 2.55. The SMILES string of the molecule is Cc1noc(CCCNC(=O)C2CCN(S(=O)(=O)c3cccc(C(F)(F)F)c3)CC2)n1. The van der Waals surface area contributed by atoms with Gasteiger partial charge in [-0.1, -0.05) is 11.2 Å². The van der Waals surface area contributed by atoms with Crippen LogP contribution in [0.5, 0.6) is 0 Å². The molecule has 2 aromatic rings. The first kappa shape index (κ1) is 23.2. The third-order valence-corrected chi connectivity index (χ3v) is 6.95. The molecule has 0 atom stereocenters. The van der Waals surface area contributed by atoms with Crippen molar-refractivity contribution in [3.8, 4) is 0 Å². The molecule has 1 N–H and O–H groups in total. The van der Waals surface area contributed by atoms with Gasteiger partial charge in [0.25, 0.3) is 0 Å². The normalized spacial score (nSPS) is 16.4. The zero-order valence-electron chi connectivity index (χ0n) is 16.9. The van der Waals surface area contributed by atoms with Gasteiger partial charge in [-0.15, -0.1) is 0 Å². The molecule has 8 nitrogen and oxygen atoms in total. The van der Waals surface area contributed by atoms with E-state index >= 15 is 0 Å². The number of alkyl halides is 3. The number of nitrogens with one attached hydrogen (secondary N) is 1. The van der Waals surface area contributed by atoms with E-state index in [4.69, 9.17) is 4.52 Å². The summed E-state index contributed by atoms with van der Waals surface area (Å²) in [5.74, 6) is 0.530. The van der Waals surface area contributed by atoms with Gasteiger partial charge in [0.2, 0.25) is 21.8 Å². The summed E-state index contributed by atoms with van der Waals surface area (Å²) in [5.41, 5.74) is -1.02. The fraction of sp³-hybridized carbons (Fsp3) is 0.526. The monoisotopic (exact) mass is 460 g/mol. The van der Waals surface area contributed by atoms with Crippen LogP contribution in [-0.4, -0.2) is 48.4 Å². The summed E-state index contributed by atoms with van der Waals surface area (Å²) in [5, 5.41) is 6.50. The van der Waals surface area contributed by atoms with Crippen molar-refractivity contribution in [2.45, 2.75) is 43.7 Å². The Kier molecular flexibility index (Phi) is 6.99. The number of hydrogen-bond acceptors (Lipinski definition) is 6. The molecule has 3 rings (SSSR count). The lowest BCUT2D eigenvalue weighted by Crippen LogP contribution is -2.43. The van der Waals surface area contributed by atoms with Crippen molar-refractivity contribution in [2.24, 2.45) is 5.92 Å². The summed E-state index contributed by atoms with van der Waals surface area (Å²) in [6.45, 7) is 2.27. The fourth-order valence-corrected chi connectivity index (χ4v) is 4.89. The highest BCUT2D eigenvalue weighted by Crippen LogP contribution is 2.32. The standard InChI is InChI=1S/C19H23F3N4O4S/c1-13-24-17(30-25-13)6-3-9-23-18(27)14-7-10-26(11-8-14)31(28,29)16-5-2-4-15(12-16)19(20,21)22/h2,4-5,12,14H,3,6-11H2,1H3,(H,23,27). The van der Waals surface area contributed by atoms with Crippen molar-refractivity contribution in [2.75, 3.05) is 19.6 Å². The number of piperidine rings is 1. The van der Waals surface area contributed by atoms with Crippen LogP contribution in [0.15, 0.2) is 33.7 Å². The number of rotatable bonds is 7. The number of benzene rings is 1. The first-order chi connectivity index (χ1) is 14.6. The van der Waals surface area contributed by atoms with Gasteiger partial charge in [-0.25, -0.2) is 8.42 Å². The van der Waals surface area contributed by atoms with Gasteiger partial charge in [0.15, 0.2) is 5.82 Å². The second-order valence-electron chi connectivity index (χ2n) is 7.33. The van der Waals surface area contributed by atoms with E-state index < -0.39 is 26.7 Å². The molecule has 1 aliphatic heterocycles. The molecule has 1 aromatic heterocycles. The summed E-state index contributed by atoms with van der Waals surface area (Å²) in [7, 11) is -4.07. The first-order valence-corrected chi connectivity index (χ1v) is 11.3. The Morgan fingerprint density at radius 1 is 1.29 bits per heavy atom. The number of halogens is 3. The molecule has 12 heteroatoms. The Morgan fingerprint density at radius 3 is 2.61 bits per heavy atom. The van der Waals surface area contributed by atoms with Crippen LogP contribution in [0.1, 0.15) is 36.5 Å². The molecular formula is C19H23F3N4O4S. The van der Waals surface area contributed by atoms with Crippen molar-refractivity contribution in [3.05, 3.63) is 41.5 Å². The zero-order chi connectivity index (χ0) is 22.6. The van der Waals surface area contributed by atoms with Crippen LogP contribution >= 0.6 is 0 Å². The molecule has 0 radical (unpaired) electrons. The molecule has 1 fully saturated rings. The third kappa shape index (κ3) is 5.82. The molecule has 1 amide bonds. The van der Waals surface area contributed by atoms with Gasteiger partial charge in [-0.3, -0.25) is 4.79 Å². The van der Waals surface area contributed by atoms with Crippen LogP contribution in [0, 0.1) is 12.8 Å². The number of amides is 1. The van der Waals surface area contributed by atoms with Gasteiger partial charge in [-0.2, -0.15) is 22.5 Å². The summed E-state index contributed by atoms with van der Waals surface area (Å²) < 4.78 is 70.3. The highest BCUT2D eigenvalue weighted by atomic mass is 32.2. The molecular weight excluding hydrogens is 437 g/mol. The van der Waals surface area contributed by atoms with Gasteiger partial charge in [0.1, 0.15) is 0 Å². The summed E-state index contributed by atoms with van der Waals surface area (Å²) in [4.78, 5) is 16.0. The predicted molar refractivity (Wildman–Crippen MR) is 103 cm³/mol. The number of carbonyl (C=O) groups is 1. The molecule has 1 saturated heterocycles. The smallest absolute Gasteiger partial charge is 0.356 e. The summed E-state index contributed by atoms with van der Waals surface area (Å²) in [6, 6.07) is 3.69. The number of hydrogen-bond donors (Lipinski definition) is 1. The lowest BCUT2D eigenvalue weighted by Gasteiger charge is -2.30. The molecule has 0 aliphatic carbocycles. The molecule has 0 spiro atoms. The lowest BCUT2D eigenvalue weighted by atomic mass is 9.97. The van der Waals surface area contributed by atoms with E-state index in [0.29, 0.717) is 50.0 Å². The van der Waals surface area contributed by atoms with Crippen molar-refractivity contribution < 1.29 is 30.9 Å². The largest absolute Gasteiger partial charge is 0.416 e. The van der Waals surface area contributed by atoms with Gasteiger partial charge < -0.3 is 9.84 Å². The summed E-state index contributed by atoms with van der Waals surface area (Å²) in [6.07, 6.45) is -2.87. The maximum Gasteiger partial charge on any atom is 0.416 e. The van der Waals surface area contributed by atoms with Crippen LogP contribution in [-0.2, 0) is 27.4 Å². The molecule has 0 saturated carbocycles. The highest BCUT2D eigenvalue weighted by Gasteiger charge is 2.35. The van der Waals surface area contributed by atoms with E-state index in [-0.39, 0.29) is 24.9 Å². The Labute approximate surface area is 177 Å². The van der Waals surface area contributed by atoms with E-state index in [9.17, 15) is 26.4 Å². The Hall–Kier alpha value is -2.47. The maximum absolute atomic E-state index is 12.9. The molecule has 170 valence electrons. The number of sulfonamides is 1. The number of carbonyl (C=O) groups excluding carboxylic acids is 1. The average Bonchev–Trinajstić information content (AvgIpc) is 3.15. The van der Waals surface area contributed by atoms with Crippen LogP contribution in [0.2, 0.25) is 0 Å². The Morgan fingerprint density at radius 2 is 2.00 bits per heavy atom. The average molecular weight is 460 g/mol. The van der Waals surface area contributed by atoms with Gasteiger partial charge in [0, 0.05) is 32.0 Å². The molecule has 0 unspecified atom stereocenters. The molecule has 31 heavy (non-hydrogen) atoms. The van der Waals surface area contributed by atoms with Gasteiger partial charge in [-0.05, 0) is 44.4 Å². The van der Waals surface area contributed by atoms with E-state index in [1.165, 1.54) is 0 Å². The first-order valence-electron chi connectivity index (χ1n) is 9.81. The number of aryl methyl sites for hydroxylation is 2. The van der Waals surface area contributed by atoms with Crippen LogP contribution in [0.25, 0.3) is 0 Å². The number of aromatic nitrogens is 2. The van der Waals surface area contributed by atoms with Crippen molar-refractivity contribution in [3.63, 3.8) is 0 Å². The minimum absolute atomic E-state index is 0.0674. The minimum Gasteiger partial charge on any atom is -0.356 e. The highest BCUT2D eigenvalue weighted by molar-refractivity contribution is 7.89. The van der Waals surface area contributed by atoms with E-state index in [1.807, 2.05) is 0 Å². The summed E-state index contributed by atoms with van der Waals surface area (Å²) >= 11 is 0. The second kappa shape index (κ2) is 9.35.